The van der Waals surface area contributed by atoms with Gasteiger partial charge in [0.25, 0.3) is 0 Å². The zero-order valence-electron chi connectivity index (χ0n) is 24.5. The molecule has 6 heteroatoms. The van der Waals surface area contributed by atoms with Crippen molar-refractivity contribution in [3.8, 4) is 67.5 Å². The number of rotatable bonds is 4. The van der Waals surface area contributed by atoms with E-state index in [2.05, 4.69) is 107 Å². The summed E-state index contributed by atoms with van der Waals surface area (Å²) in [6.45, 7) is 0. The van der Waals surface area contributed by atoms with Crippen LogP contribution < -0.4 is 25.4 Å². The number of hydrogen-bond acceptors (Lipinski definition) is 5. The van der Waals surface area contributed by atoms with Crippen LogP contribution >= 0.6 is 6.04 Å². The Labute approximate surface area is 272 Å². The van der Waals surface area contributed by atoms with Gasteiger partial charge in [0.15, 0.2) is 0 Å². The zero-order chi connectivity index (χ0) is 30.7. The van der Waals surface area contributed by atoms with Crippen molar-refractivity contribution in [2.45, 2.75) is 0 Å². The monoisotopic (exact) mass is 628 g/mol. The molecule has 2 aliphatic heterocycles. The largest absolute Gasteiger partial charge is 0.455 e. The van der Waals surface area contributed by atoms with Crippen molar-refractivity contribution < 1.29 is 9.47 Å². The lowest BCUT2D eigenvalue weighted by molar-refractivity contribution is 0.468. The van der Waals surface area contributed by atoms with Crippen LogP contribution in [0.5, 0.6) is 23.0 Å². The van der Waals surface area contributed by atoms with Gasteiger partial charge in [0, 0.05) is 46.5 Å². The molecule has 2 aromatic heterocycles. The van der Waals surface area contributed by atoms with Gasteiger partial charge in [-0.05, 0) is 69.8 Å². The van der Waals surface area contributed by atoms with Crippen molar-refractivity contribution in [3.63, 3.8) is 0 Å². The molecule has 7 aromatic rings. The summed E-state index contributed by atoms with van der Waals surface area (Å²) in [7, 11) is 0. The molecule has 0 saturated heterocycles. The van der Waals surface area contributed by atoms with E-state index < -0.39 is 6.04 Å². The normalized spacial score (nSPS) is 13.4. The molecule has 218 valence electrons. The minimum absolute atomic E-state index is 0.768. The number of hydrogen-bond donors (Lipinski definition) is 0. The maximum absolute atomic E-state index is 6.88. The molecule has 0 radical (unpaired) electrons. The Morgan fingerprint density at radius 3 is 1.30 bits per heavy atom. The molecule has 5 aromatic carbocycles. The van der Waals surface area contributed by atoms with Crippen molar-refractivity contribution in [1.29, 1.82) is 0 Å². The topological polar surface area (TPSA) is 44.2 Å². The number of pyridine rings is 2. The molecule has 4 heterocycles. The molecule has 0 N–H and O–H groups in total. The highest BCUT2D eigenvalue weighted by Gasteiger charge is 2.43. The van der Waals surface area contributed by atoms with E-state index in [-0.39, 0.29) is 0 Å². The highest BCUT2D eigenvalue weighted by Crippen LogP contribution is 2.60. The van der Waals surface area contributed by atoms with Crippen molar-refractivity contribution in [2.75, 3.05) is 0 Å². The van der Waals surface area contributed by atoms with Gasteiger partial charge in [0.05, 0.1) is 11.3 Å². The van der Waals surface area contributed by atoms with Crippen molar-refractivity contribution in [1.82, 2.24) is 9.97 Å². The van der Waals surface area contributed by atoms with Crippen molar-refractivity contribution in [2.24, 2.45) is 0 Å². The second kappa shape index (κ2) is 10.6. The molecule has 0 atom stereocenters. The fraction of sp³-hybridized carbons (Fsp3) is 0. The Kier molecular flexibility index (Phi) is 6.24. The molecule has 46 heavy (non-hydrogen) atoms. The van der Waals surface area contributed by atoms with Crippen LogP contribution in [0, 0.1) is 0 Å². The lowest BCUT2D eigenvalue weighted by atomic mass is 10.0. The first-order valence-corrected chi connectivity index (χ1v) is 17.9. The maximum Gasteiger partial charge on any atom is 0.144 e. The van der Waals surface area contributed by atoms with Crippen LogP contribution in [0.2, 0.25) is 0 Å². The quantitative estimate of drug-likeness (QED) is 0.182. The number of para-hydroxylation sites is 2. The number of fused-ring (bicyclic) bond motifs is 4. The van der Waals surface area contributed by atoms with E-state index in [0.29, 0.717) is 0 Å². The Morgan fingerprint density at radius 1 is 0.435 bits per heavy atom. The summed E-state index contributed by atoms with van der Waals surface area (Å²) in [5.41, 5.74) is 8.57. The van der Waals surface area contributed by atoms with E-state index in [0.717, 1.165) is 83.4 Å². The molecule has 0 fully saturated rings. The predicted octanol–water partition coefficient (Wildman–Crippen LogP) is 9.11. The maximum atomic E-state index is 6.88. The third-order valence-corrected chi connectivity index (χ3v) is 13.6. The van der Waals surface area contributed by atoms with E-state index in [1.54, 1.807) is 12.4 Å². The fourth-order valence-corrected chi connectivity index (χ4v) is 11.0. The van der Waals surface area contributed by atoms with Gasteiger partial charge >= 0.3 is 0 Å². The zero-order valence-corrected chi connectivity index (χ0v) is 26.2. The molecular formula is C40H25N2O2PS. The van der Waals surface area contributed by atoms with Gasteiger partial charge in [-0.1, -0.05) is 103 Å². The fourth-order valence-electron chi connectivity index (χ4n) is 6.53. The molecular weight excluding hydrogens is 603 g/mol. The van der Waals surface area contributed by atoms with Crippen LogP contribution in [0.1, 0.15) is 0 Å². The van der Waals surface area contributed by atoms with Gasteiger partial charge in [0.1, 0.15) is 23.0 Å². The highest BCUT2D eigenvalue weighted by molar-refractivity contribution is 8.26. The van der Waals surface area contributed by atoms with Crippen LogP contribution in [0.25, 0.3) is 44.5 Å². The minimum atomic E-state index is -2.56. The smallest absolute Gasteiger partial charge is 0.144 e. The first-order chi connectivity index (χ1) is 22.7. The summed E-state index contributed by atoms with van der Waals surface area (Å²) in [6, 6.07) is 41.4. The molecule has 0 unspecified atom stereocenters. The number of benzene rings is 5. The first-order valence-electron chi connectivity index (χ1n) is 15.1. The second-order valence-electron chi connectivity index (χ2n) is 11.4. The van der Waals surface area contributed by atoms with Gasteiger partial charge in [-0.25, -0.2) is 0 Å². The third kappa shape index (κ3) is 4.17. The number of aromatic nitrogens is 2. The van der Waals surface area contributed by atoms with Gasteiger partial charge in [0.2, 0.25) is 0 Å². The minimum Gasteiger partial charge on any atom is -0.455 e. The van der Waals surface area contributed by atoms with E-state index in [1.165, 1.54) is 0 Å². The van der Waals surface area contributed by atoms with Crippen LogP contribution in [0.3, 0.4) is 0 Å². The summed E-state index contributed by atoms with van der Waals surface area (Å²) in [4.78, 5) is 8.56. The SMILES string of the molecule is S=P12c3cccc(-c4ccc(-c5cccnc5)cc4)c3Oc3cccc(c31)Oc1c(-c3ccc(-c4cccnc4)cc3)cccc12. The molecule has 2 aliphatic rings. The van der Waals surface area contributed by atoms with Gasteiger partial charge < -0.3 is 9.47 Å². The van der Waals surface area contributed by atoms with E-state index >= 15 is 0 Å². The summed E-state index contributed by atoms with van der Waals surface area (Å²) in [6.07, 6.45) is 7.35. The van der Waals surface area contributed by atoms with Crippen LogP contribution in [-0.4, -0.2) is 9.97 Å². The van der Waals surface area contributed by atoms with E-state index in [9.17, 15) is 0 Å². The van der Waals surface area contributed by atoms with Gasteiger partial charge in [-0.15, -0.1) is 0 Å². The Hall–Kier alpha value is -5.35. The first kappa shape index (κ1) is 27.0. The summed E-state index contributed by atoms with van der Waals surface area (Å²) >= 11 is 6.88. The molecule has 9 rings (SSSR count). The van der Waals surface area contributed by atoms with Crippen molar-refractivity contribution in [3.05, 3.63) is 152 Å². The van der Waals surface area contributed by atoms with Gasteiger partial charge in [-0.3, -0.25) is 9.97 Å². The van der Waals surface area contributed by atoms with Crippen molar-refractivity contribution >= 4 is 33.8 Å². The lowest BCUT2D eigenvalue weighted by Gasteiger charge is -2.38. The van der Waals surface area contributed by atoms with Crippen LogP contribution in [0.4, 0.5) is 0 Å². The summed E-state index contributed by atoms with van der Waals surface area (Å²) < 4.78 is 13.5. The molecule has 0 amide bonds. The van der Waals surface area contributed by atoms with E-state index in [4.69, 9.17) is 21.3 Å². The molecule has 0 bridgehead atoms. The molecule has 0 spiro atoms. The average molecular weight is 629 g/mol. The Balaban J connectivity index is 1.19. The number of nitrogens with zero attached hydrogens (tertiary/aromatic N) is 2. The van der Waals surface area contributed by atoms with Gasteiger partial charge in [-0.2, -0.15) is 0 Å². The third-order valence-electron chi connectivity index (χ3n) is 8.75. The molecule has 4 nitrogen and oxygen atoms in total. The average Bonchev–Trinajstić information content (AvgIpc) is 3.12. The van der Waals surface area contributed by atoms with Crippen LogP contribution in [-0.2, 0) is 11.8 Å². The van der Waals surface area contributed by atoms with Crippen LogP contribution in [0.15, 0.2) is 152 Å². The predicted molar refractivity (Wildman–Crippen MR) is 190 cm³/mol. The van der Waals surface area contributed by atoms with E-state index in [1.807, 2.05) is 42.7 Å². The molecule has 0 aliphatic carbocycles. The summed E-state index contributed by atoms with van der Waals surface area (Å²) in [5, 5.41) is 3.08. The Morgan fingerprint density at radius 2 is 0.870 bits per heavy atom. The number of ether oxygens (including phenoxy) is 2. The lowest BCUT2D eigenvalue weighted by Crippen LogP contribution is -2.35. The second-order valence-corrected chi connectivity index (χ2v) is 15.6. The highest BCUT2D eigenvalue weighted by atomic mass is 32.4. The standard InChI is InChI=1S/C40H25N2O2PS/c46-45-36-12-1-8-32(28-18-14-26(15-19-28)30-6-4-22-41-24-30)38(36)43-34-10-3-11-35(40(34)45)44-39-33(9-2-13-37(39)45)29-20-16-27(17-21-29)31-7-5-23-42-25-31/h1-25H. The Bertz CT molecular complexity index is 2170. The summed E-state index contributed by atoms with van der Waals surface area (Å²) in [5.74, 6) is 3.18. The molecule has 0 saturated carbocycles.